The van der Waals surface area contributed by atoms with E-state index >= 15 is 0 Å². The van der Waals surface area contributed by atoms with Crippen LogP contribution in [0.1, 0.15) is 27.4 Å². The number of esters is 1. The topological polar surface area (TPSA) is 113 Å². The van der Waals surface area contributed by atoms with Gasteiger partial charge in [-0.05, 0) is 23.8 Å². The number of benzene rings is 2. The van der Waals surface area contributed by atoms with E-state index in [0.717, 1.165) is 7.11 Å². The van der Waals surface area contributed by atoms with Crippen LogP contribution in [0.5, 0.6) is 5.75 Å². The SMILES string of the molecule is COC(=O)c1c(CS(=O)(=O)c2ccccc2)ccc(C2C=COC2)c1OS(=O)(=O)C(F)(F)F. The van der Waals surface area contributed by atoms with Crippen LogP contribution in [0.15, 0.2) is 59.7 Å². The number of alkyl halides is 3. The highest BCUT2D eigenvalue weighted by atomic mass is 32.2. The van der Waals surface area contributed by atoms with Crippen molar-refractivity contribution in [2.45, 2.75) is 22.1 Å². The van der Waals surface area contributed by atoms with E-state index in [1.54, 1.807) is 6.07 Å². The van der Waals surface area contributed by atoms with Crippen molar-refractivity contribution in [2.75, 3.05) is 13.7 Å². The molecule has 1 atom stereocenters. The zero-order chi connectivity index (χ0) is 24.4. The van der Waals surface area contributed by atoms with Crippen LogP contribution in [-0.2, 0) is 35.2 Å². The van der Waals surface area contributed by atoms with Crippen LogP contribution in [0, 0.1) is 0 Å². The molecule has 0 bridgehead atoms. The number of hydrogen-bond donors (Lipinski definition) is 0. The molecule has 1 aliphatic rings. The maximum atomic E-state index is 13.1. The van der Waals surface area contributed by atoms with Gasteiger partial charge in [0, 0.05) is 11.5 Å². The van der Waals surface area contributed by atoms with Crippen LogP contribution in [0.2, 0.25) is 0 Å². The molecule has 0 aromatic heterocycles. The molecule has 1 heterocycles. The van der Waals surface area contributed by atoms with Gasteiger partial charge in [-0.2, -0.15) is 21.6 Å². The van der Waals surface area contributed by atoms with Crippen molar-refractivity contribution in [1.29, 1.82) is 0 Å². The first-order chi connectivity index (χ1) is 15.4. The van der Waals surface area contributed by atoms with E-state index in [0.29, 0.717) is 0 Å². The molecule has 33 heavy (non-hydrogen) atoms. The van der Waals surface area contributed by atoms with E-state index in [4.69, 9.17) is 4.74 Å². The second-order valence-corrected chi connectivity index (χ2v) is 10.4. The summed E-state index contributed by atoms with van der Waals surface area (Å²) in [7, 11) is -9.37. The molecule has 2 aromatic carbocycles. The molecule has 8 nitrogen and oxygen atoms in total. The lowest BCUT2D eigenvalue weighted by Gasteiger charge is -2.20. The summed E-state index contributed by atoms with van der Waals surface area (Å²) in [5.74, 6) is -3.83. The molecule has 1 unspecified atom stereocenters. The average molecular weight is 506 g/mol. The Morgan fingerprint density at radius 1 is 1.09 bits per heavy atom. The molecule has 0 amide bonds. The third kappa shape index (κ3) is 5.14. The van der Waals surface area contributed by atoms with E-state index in [1.807, 2.05) is 0 Å². The van der Waals surface area contributed by atoms with E-state index in [-0.39, 0.29) is 22.6 Å². The van der Waals surface area contributed by atoms with Crippen LogP contribution >= 0.6 is 0 Å². The molecule has 13 heteroatoms. The van der Waals surface area contributed by atoms with Crippen LogP contribution in [0.25, 0.3) is 0 Å². The van der Waals surface area contributed by atoms with Crippen molar-refractivity contribution in [3.05, 3.63) is 71.5 Å². The number of rotatable bonds is 7. The molecule has 2 aromatic rings. The lowest BCUT2D eigenvalue weighted by molar-refractivity contribution is -0.0500. The Morgan fingerprint density at radius 2 is 1.76 bits per heavy atom. The molecule has 3 rings (SSSR count). The Balaban J connectivity index is 2.23. The number of sulfone groups is 1. The van der Waals surface area contributed by atoms with E-state index in [9.17, 15) is 34.8 Å². The fraction of sp³-hybridized carbons (Fsp3) is 0.250. The maximum absolute atomic E-state index is 13.1. The fourth-order valence-corrected chi connectivity index (χ4v) is 4.98. The van der Waals surface area contributed by atoms with Gasteiger partial charge in [0.25, 0.3) is 0 Å². The van der Waals surface area contributed by atoms with Gasteiger partial charge in [0.05, 0.1) is 30.6 Å². The lowest BCUT2D eigenvalue weighted by atomic mass is 9.94. The molecule has 0 saturated heterocycles. The Morgan fingerprint density at radius 3 is 2.30 bits per heavy atom. The molecule has 0 N–H and O–H groups in total. The highest BCUT2D eigenvalue weighted by Gasteiger charge is 2.49. The largest absolute Gasteiger partial charge is 0.534 e. The summed E-state index contributed by atoms with van der Waals surface area (Å²) in [6.07, 6.45) is 2.67. The summed E-state index contributed by atoms with van der Waals surface area (Å²) in [5.41, 5.74) is -6.98. The molecule has 1 aliphatic heterocycles. The number of carbonyl (C=O) groups excluding carboxylic acids is 1. The number of methoxy groups -OCH3 is 1. The van der Waals surface area contributed by atoms with Gasteiger partial charge in [-0.25, -0.2) is 13.2 Å². The minimum Gasteiger partial charge on any atom is -0.501 e. The van der Waals surface area contributed by atoms with Gasteiger partial charge in [-0.3, -0.25) is 0 Å². The van der Waals surface area contributed by atoms with Crippen molar-refractivity contribution in [1.82, 2.24) is 0 Å². The average Bonchev–Trinajstić information content (AvgIpc) is 3.27. The van der Waals surface area contributed by atoms with E-state index in [1.165, 1.54) is 48.7 Å². The molecule has 0 aliphatic carbocycles. The third-order valence-electron chi connectivity index (χ3n) is 4.67. The molecule has 0 fully saturated rings. The zero-order valence-corrected chi connectivity index (χ0v) is 18.5. The highest BCUT2D eigenvalue weighted by Crippen LogP contribution is 2.39. The fourth-order valence-electron chi connectivity index (χ4n) is 3.10. The van der Waals surface area contributed by atoms with Gasteiger partial charge < -0.3 is 13.7 Å². The van der Waals surface area contributed by atoms with Gasteiger partial charge in [-0.1, -0.05) is 30.3 Å². The Kier molecular flexibility index (Phi) is 6.75. The number of halogens is 3. The third-order valence-corrected chi connectivity index (χ3v) is 7.31. The second-order valence-electron chi connectivity index (χ2n) is 6.83. The van der Waals surface area contributed by atoms with Crippen molar-refractivity contribution < 1.29 is 48.5 Å². The van der Waals surface area contributed by atoms with Crippen molar-refractivity contribution in [3.63, 3.8) is 0 Å². The molecule has 0 saturated carbocycles. The molecule has 178 valence electrons. The van der Waals surface area contributed by atoms with Crippen LogP contribution in [-0.4, -0.2) is 42.0 Å². The first kappa shape index (κ1) is 24.6. The van der Waals surface area contributed by atoms with E-state index in [2.05, 4.69) is 8.92 Å². The van der Waals surface area contributed by atoms with Crippen molar-refractivity contribution in [3.8, 4) is 5.75 Å². The minimum absolute atomic E-state index is 0.0648. The standard InChI is InChI=1S/C20H17F3O8S2/c1-29-19(24)17-14(12-32(25,26)15-5-3-2-4-6-15)7-8-16(13-9-10-30-11-13)18(17)31-33(27,28)20(21,22)23/h2-10,13H,11-12H2,1H3. The molecule has 0 spiro atoms. The quantitative estimate of drug-likeness (QED) is 0.319. The van der Waals surface area contributed by atoms with Crippen LogP contribution < -0.4 is 4.18 Å². The minimum atomic E-state index is -6.20. The summed E-state index contributed by atoms with van der Waals surface area (Å²) in [6, 6.07) is 9.50. The summed E-state index contributed by atoms with van der Waals surface area (Å²) >= 11 is 0. The predicted molar refractivity (Wildman–Crippen MR) is 109 cm³/mol. The van der Waals surface area contributed by atoms with E-state index < -0.39 is 54.4 Å². The van der Waals surface area contributed by atoms with Gasteiger partial charge in [0.2, 0.25) is 0 Å². The molecule has 0 radical (unpaired) electrons. The molecular weight excluding hydrogens is 489 g/mol. The second kappa shape index (κ2) is 9.06. The monoisotopic (exact) mass is 506 g/mol. The zero-order valence-electron chi connectivity index (χ0n) is 16.9. The van der Waals surface area contributed by atoms with Crippen molar-refractivity contribution >= 4 is 25.9 Å². The van der Waals surface area contributed by atoms with Crippen LogP contribution in [0.3, 0.4) is 0 Å². The first-order valence-electron chi connectivity index (χ1n) is 9.18. The number of hydrogen-bond acceptors (Lipinski definition) is 8. The van der Waals surface area contributed by atoms with Crippen molar-refractivity contribution in [2.24, 2.45) is 0 Å². The molecular formula is C20H17F3O8S2. The van der Waals surface area contributed by atoms with Gasteiger partial charge in [0.1, 0.15) is 5.56 Å². The number of carbonyl (C=O) groups is 1. The van der Waals surface area contributed by atoms with Gasteiger partial charge in [-0.15, -0.1) is 0 Å². The first-order valence-corrected chi connectivity index (χ1v) is 12.2. The van der Waals surface area contributed by atoms with Crippen LogP contribution in [0.4, 0.5) is 13.2 Å². The highest BCUT2D eigenvalue weighted by molar-refractivity contribution is 7.90. The summed E-state index contributed by atoms with van der Waals surface area (Å²) in [5, 5.41) is 0. The Hall–Kier alpha value is -3.06. The summed E-state index contributed by atoms with van der Waals surface area (Å²) in [4.78, 5) is 12.4. The normalized spacial score (nSPS) is 16.3. The Labute approximate surface area is 187 Å². The summed E-state index contributed by atoms with van der Waals surface area (Å²) in [6.45, 7) is -0.0648. The Bertz CT molecular complexity index is 1280. The maximum Gasteiger partial charge on any atom is 0.534 e. The van der Waals surface area contributed by atoms with Gasteiger partial charge in [0.15, 0.2) is 15.6 Å². The van der Waals surface area contributed by atoms with Gasteiger partial charge >= 0.3 is 21.6 Å². The lowest BCUT2D eigenvalue weighted by Crippen LogP contribution is -2.29. The number of ether oxygens (including phenoxy) is 2. The predicted octanol–water partition coefficient (Wildman–Crippen LogP) is 3.30. The smallest absolute Gasteiger partial charge is 0.501 e. The summed E-state index contributed by atoms with van der Waals surface area (Å²) < 4.78 is 103.